The van der Waals surface area contributed by atoms with Crippen LogP contribution in [0.25, 0.3) is 21.5 Å². The molecule has 0 aliphatic carbocycles. The first-order valence-electron chi connectivity index (χ1n) is 5.53. The third-order valence-corrected chi connectivity index (χ3v) is 4.40. The number of benzene rings is 2. The minimum absolute atomic E-state index is 0.756. The molecule has 1 heterocycles. The lowest BCUT2D eigenvalue weighted by atomic mass is 10.1. The summed E-state index contributed by atoms with van der Waals surface area (Å²) in [5.41, 5.74) is 2.81. The zero-order valence-corrected chi connectivity index (χ0v) is 10.6. The van der Waals surface area contributed by atoms with E-state index in [4.69, 9.17) is 4.20 Å². The van der Waals surface area contributed by atoms with E-state index in [1.165, 1.54) is 0 Å². The standard InChI is InChI=1S/C14H12O2P/c1-9-5-3-7-11-12-8-4-6-10(2)14(12)17(15)16-13(9)11/h3-8H,1-2H3/q+1. The Hall–Kier alpha value is -1.66. The van der Waals surface area contributed by atoms with Crippen molar-refractivity contribution in [3.63, 3.8) is 0 Å². The van der Waals surface area contributed by atoms with Gasteiger partial charge in [0.2, 0.25) is 5.12 Å². The molecule has 1 unspecified atom stereocenters. The van der Waals surface area contributed by atoms with Gasteiger partial charge in [0.25, 0.3) is 0 Å². The number of aryl methyl sites for hydroxylation is 2. The van der Waals surface area contributed by atoms with E-state index < -0.39 is 7.65 Å². The quantitative estimate of drug-likeness (QED) is 0.523. The Morgan fingerprint density at radius 1 is 0.941 bits per heavy atom. The minimum Gasteiger partial charge on any atom is -0.249 e. The van der Waals surface area contributed by atoms with Crippen LogP contribution in [0.5, 0.6) is 0 Å². The monoisotopic (exact) mass is 243 g/mol. The van der Waals surface area contributed by atoms with Crippen LogP contribution >= 0.6 is 7.65 Å². The van der Waals surface area contributed by atoms with E-state index in [0.29, 0.717) is 0 Å². The van der Waals surface area contributed by atoms with Crippen LogP contribution in [0.4, 0.5) is 0 Å². The molecule has 2 nitrogen and oxygen atoms in total. The molecule has 0 amide bonds. The van der Waals surface area contributed by atoms with E-state index in [1.54, 1.807) is 0 Å². The van der Waals surface area contributed by atoms with Crippen molar-refractivity contribution in [2.75, 3.05) is 0 Å². The van der Waals surface area contributed by atoms with Gasteiger partial charge in [0.15, 0.2) is 5.58 Å². The molecule has 0 aliphatic rings. The SMILES string of the molecule is Cc1cccc2c1o[p+](=O)c1c(C)cccc21. The van der Waals surface area contributed by atoms with E-state index in [-0.39, 0.29) is 0 Å². The van der Waals surface area contributed by atoms with Crippen LogP contribution in [-0.2, 0) is 4.57 Å². The highest BCUT2D eigenvalue weighted by Crippen LogP contribution is 2.37. The topological polar surface area (TPSA) is 30.2 Å². The molecule has 0 radical (unpaired) electrons. The summed E-state index contributed by atoms with van der Waals surface area (Å²) in [5, 5.41) is 2.91. The Kier molecular flexibility index (Phi) is 2.27. The maximum absolute atomic E-state index is 12.1. The van der Waals surface area contributed by atoms with E-state index >= 15 is 0 Å². The molecule has 2 aromatic carbocycles. The van der Waals surface area contributed by atoms with Gasteiger partial charge in [-0.1, -0.05) is 30.3 Å². The van der Waals surface area contributed by atoms with Crippen LogP contribution in [0.1, 0.15) is 11.1 Å². The van der Waals surface area contributed by atoms with Crippen LogP contribution in [0, 0.1) is 13.8 Å². The minimum atomic E-state index is -1.78. The lowest BCUT2D eigenvalue weighted by Crippen LogP contribution is -1.81. The molecular weight excluding hydrogens is 231 g/mol. The summed E-state index contributed by atoms with van der Waals surface area (Å²) < 4.78 is 17.7. The van der Waals surface area contributed by atoms with E-state index in [9.17, 15) is 4.57 Å². The second-order valence-corrected chi connectivity index (χ2v) is 5.42. The van der Waals surface area contributed by atoms with E-state index in [1.807, 2.05) is 50.2 Å². The molecule has 1 aromatic heterocycles. The molecule has 3 rings (SSSR count). The van der Waals surface area contributed by atoms with Gasteiger partial charge >= 0.3 is 7.65 Å². The number of para-hydroxylation sites is 1. The molecular formula is C14H12O2P+. The highest BCUT2D eigenvalue weighted by atomic mass is 31.1. The average Bonchev–Trinajstić information content (AvgIpc) is 2.31. The summed E-state index contributed by atoms with van der Waals surface area (Å²) >= 11 is 0. The molecule has 0 saturated heterocycles. The molecule has 0 spiro atoms. The zero-order valence-electron chi connectivity index (χ0n) is 9.73. The fraction of sp³-hybridized carbons (Fsp3) is 0.143. The zero-order chi connectivity index (χ0) is 12.0. The number of hydrogen-bond acceptors (Lipinski definition) is 2. The van der Waals surface area contributed by atoms with Crippen LogP contribution in [0.15, 0.2) is 40.6 Å². The largest absolute Gasteiger partial charge is 0.598 e. The Labute approximate surface area is 99.7 Å². The Morgan fingerprint density at radius 2 is 1.59 bits per heavy atom. The Bertz CT molecular complexity index is 787. The van der Waals surface area contributed by atoms with Gasteiger partial charge < -0.3 is 0 Å². The normalized spacial score (nSPS) is 12.2. The van der Waals surface area contributed by atoms with Gasteiger partial charge in [-0.05, 0) is 30.0 Å². The summed E-state index contributed by atoms with van der Waals surface area (Å²) in [6.07, 6.45) is 0. The maximum Gasteiger partial charge on any atom is 0.598 e. The first-order chi connectivity index (χ1) is 8.18. The molecule has 17 heavy (non-hydrogen) atoms. The van der Waals surface area contributed by atoms with Crippen molar-refractivity contribution in [2.45, 2.75) is 13.8 Å². The fourth-order valence-corrected chi connectivity index (χ4v) is 3.49. The lowest BCUT2D eigenvalue weighted by Gasteiger charge is -2.00. The predicted molar refractivity (Wildman–Crippen MR) is 70.8 cm³/mol. The fourth-order valence-electron chi connectivity index (χ4n) is 2.23. The highest BCUT2D eigenvalue weighted by molar-refractivity contribution is 7.37. The predicted octanol–water partition coefficient (Wildman–Crippen LogP) is 4.95. The molecule has 84 valence electrons. The second-order valence-electron chi connectivity index (χ2n) is 4.27. The Morgan fingerprint density at radius 3 is 2.35 bits per heavy atom. The molecule has 3 aromatic rings. The van der Waals surface area contributed by atoms with Crippen molar-refractivity contribution >= 4 is 29.1 Å². The molecule has 3 heteroatoms. The number of fused-ring (bicyclic) bond motifs is 3. The smallest absolute Gasteiger partial charge is 0.249 e. The highest BCUT2D eigenvalue weighted by Gasteiger charge is 2.19. The van der Waals surface area contributed by atoms with Crippen LogP contribution in [0.2, 0.25) is 0 Å². The van der Waals surface area contributed by atoms with Crippen molar-refractivity contribution in [1.29, 1.82) is 0 Å². The lowest BCUT2D eigenvalue weighted by molar-refractivity contribution is 0.563. The third kappa shape index (κ3) is 1.49. The summed E-state index contributed by atoms with van der Waals surface area (Å²) in [6.45, 7) is 3.94. The summed E-state index contributed by atoms with van der Waals surface area (Å²) in [5.74, 6) is 0. The molecule has 0 bridgehead atoms. The summed E-state index contributed by atoms with van der Waals surface area (Å²) in [6, 6.07) is 12.0. The van der Waals surface area contributed by atoms with Gasteiger partial charge in [0, 0.05) is 16.3 Å². The van der Waals surface area contributed by atoms with Gasteiger partial charge in [-0.25, -0.2) is 4.20 Å². The van der Waals surface area contributed by atoms with Crippen LogP contribution in [-0.4, -0.2) is 0 Å². The summed E-state index contributed by atoms with van der Waals surface area (Å²) in [7, 11) is -1.78. The first kappa shape index (κ1) is 10.5. The van der Waals surface area contributed by atoms with Gasteiger partial charge in [0.1, 0.15) is 0 Å². The molecule has 1 atom stereocenters. The van der Waals surface area contributed by atoms with Gasteiger partial charge in [-0.15, -0.1) is 0 Å². The van der Waals surface area contributed by atoms with E-state index in [2.05, 4.69) is 0 Å². The van der Waals surface area contributed by atoms with Crippen LogP contribution in [0.3, 0.4) is 0 Å². The molecule has 0 fully saturated rings. The average molecular weight is 243 g/mol. The van der Waals surface area contributed by atoms with Crippen LogP contribution < -0.4 is 0 Å². The second kappa shape index (κ2) is 3.68. The summed E-state index contributed by atoms with van der Waals surface area (Å²) in [4.78, 5) is 0. The number of hydrogen-bond donors (Lipinski definition) is 0. The van der Waals surface area contributed by atoms with Gasteiger partial charge in [0.05, 0.1) is 0 Å². The Balaban J connectivity index is 2.71. The van der Waals surface area contributed by atoms with Crippen molar-refractivity contribution in [2.24, 2.45) is 0 Å². The van der Waals surface area contributed by atoms with Gasteiger partial charge in [-0.2, -0.15) is 0 Å². The third-order valence-electron chi connectivity index (χ3n) is 3.10. The first-order valence-corrected chi connectivity index (χ1v) is 6.71. The molecule has 0 aliphatic heterocycles. The van der Waals surface area contributed by atoms with Crippen molar-refractivity contribution in [3.8, 4) is 0 Å². The molecule has 0 saturated carbocycles. The van der Waals surface area contributed by atoms with E-state index in [0.717, 1.165) is 32.6 Å². The van der Waals surface area contributed by atoms with Crippen molar-refractivity contribution < 1.29 is 8.76 Å². The van der Waals surface area contributed by atoms with Crippen molar-refractivity contribution in [1.82, 2.24) is 0 Å². The van der Waals surface area contributed by atoms with Gasteiger partial charge in [-0.3, -0.25) is 0 Å². The maximum atomic E-state index is 12.1. The molecule has 0 N–H and O–H groups in total. The van der Waals surface area contributed by atoms with Crippen molar-refractivity contribution in [3.05, 3.63) is 47.5 Å². The number of rotatable bonds is 0.